The van der Waals surface area contributed by atoms with Gasteiger partial charge in [-0.15, -0.1) is 0 Å². The smallest absolute Gasteiger partial charge is 0.416 e. The first-order chi connectivity index (χ1) is 15.7. The molecule has 0 aliphatic carbocycles. The third-order valence-corrected chi connectivity index (χ3v) is 5.33. The highest BCUT2D eigenvalue weighted by Gasteiger charge is 2.39. The van der Waals surface area contributed by atoms with Crippen molar-refractivity contribution in [1.82, 2.24) is 19.7 Å². The molecular weight excluding hydrogens is 441 g/mol. The molecule has 1 unspecified atom stereocenters. The maximum atomic E-state index is 14.8. The van der Waals surface area contributed by atoms with Gasteiger partial charge in [0.2, 0.25) is 5.95 Å². The summed E-state index contributed by atoms with van der Waals surface area (Å²) in [6.07, 6.45) is 1.96. The number of ether oxygens (including phenoxy) is 1. The summed E-state index contributed by atoms with van der Waals surface area (Å²) in [4.78, 5) is 20.8. The summed E-state index contributed by atoms with van der Waals surface area (Å²) in [5, 5.41) is 16.6. The summed E-state index contributed by atoms with van der Waals surface area (Å²) >= 11 is 0. The minimum absolute atomic E-state index is 0.00273. The molecule has 0 bridgehead atoms. The summed E-state index contributed by atoms with van der Waals surface area (Å²) in [5.74, 6) is -2.75. The van der Waals surface area contributed by atoms with Crippen LogP contribution in [0.25, 0.3) is 11.1 Å². The third kappa shape index (κ3) is 4.33. The second-order valence-electron chi connectivity index (χ2n) is 7.74. The molecule has 1 aliphatic heterocycles. The average molecular weight is 462 g/mol. The van der Waals surface area contributed by atoms with Gasteiger partial charge in [0.15, 0.2) is 11.6 Å². The molecule has 3 atom stereocenters. The van der Waals surface area contributed by atoms with Gasteiger partial charge in [0.25, 0.3) is 0 Å². The Morgan fingerprint density at radius 2 is 1.94 bits per heavy atom. The molecule has 1 aromatic carbocycles. The summed E-state index contributed by atoms with van der Waals surface area (Å²) < 4.78 is 50.3. The van der Waals surface area contributed by atoms with Crippen molar-refractivity contribution in [2.24, 2.45) is 7.05 Å². The van der Waals surface area contributed by atoms with Gasteiger partial charge in [-0.3, -0.25) is 4.68 Å². The van der Waals surface area contributed by atoms with Crippen LogP contribution in [0.5, 0.6) is 0 Å². The van der Waals surface area contributed by atoms with Gasteiger partial charge in [0, 0.05) is 29.9 Å². The molecule has 1 amide bonds. The lowest BCUT2D eigenvalue weighted by Crippen LogP contribution is -2.42. The number of hydrogen-bond donors (Lipinski definition) is 2. The molecule has 1 aliphatic rings. The molecular formula is C21H21F3N6O3. The van der Waals surface area contributed by atoms with E-state index in [-0.39, 0.29) is 23.7 Å². The largest absolute Gasteiger partial charge is 0.447 e. The molecule has 3 aromatic rings. The third-order valence-electron chi connectivity index (χ3n) is 5.33. The van der Waals surface area contributed by atoms with Gasteiger partial charge < -0.3 is 15.2 Å². The van der Waals surface area contributed by atoms with E-state index in [1.54, 1.807) is 20.2 Å². The molecule has 4 rings (SSSR count). The number of anilines is 2. The Kier molecular flexibility index (Phi) is 5.93. The van der Waals surface area contributed by atoms with Crippen LogP contribution in [0.2, 0.25) is 0 Å². The van der Waals surface area contributed by atoms with Crippen molar-refractivity contribution in [2.45, 2.75) is 32.0 Å². The number of aromatic nitrogens is 4. The van der Waals surface area contributed by atoms with Crippen molar-refractivity contribution in [3.8, 4) is 11.1 Å². The normalized spacial score (nSPS) is 17.7. The van der Waals surface area contributed by atoms with Crippen LogP contribution in [0.3, 0.4) is 0 Å². The monoisotopic (exact) mass is 462 g/mol. The number of aliphatic hydroxyl groups excluding tert-OH is 1. The summed E-state index contributed by atoms with van der Waals surface area (Å²) in [6, 6.07) is 0.489. The zero-order valence-electron chi connectivity index (χ0n) is 18.0. The number of hydrogen-bond acceptors (Lipinski definition) is 7. The van der Waals surface area contributed by atoms with E-state index in [1.807, 2.05) is 0 Å². The second kappa shape index (κ2) is 8.70. The van der Waals surface area contributed by atoms with E-state index < -0.39 is 47.6 Å². The van der Waals surface area contributed by atoms with Gasteiger partial charge in [0.05, 0.1) is 24.5 Å². The quantitative estimate of drug-likeness (QED) is 0.580. The molecule has 12 heteroatoms. The number of aliphatic hydroxyl groups is 1. The maximum Gasteiger partial charge on any atom is 0.416 e. The Morgan fingerprint density at radius 3 is 2.61 bits per heavy atom. The number of rotatable bonds is 6. The number of halogens is 3. The van der Waals surface area contributed by atoms with Gasteiger partial charge in [-0.1, -0.05) is 0 Å². The maximum absolute atomic E-state index is 14.8. The van der Waals surface area contributed by atoms with E-state index in [0.717, 1.165) is 23.2 Å². The Balaban J connectivity index is 1.60. The fourth-order valence-corrected chi connectivity index (χ4v) is 3.58. The molecule has 1 saturated heterocycles. The molecule has 2 aromatic heterocycles. The van der Waals surface area contributed by atoms with Gasteiger partial charge >= 0.3 is 6.09 Å². The van der Waals surface area contributed by atoms with Crippen molar-refractivity contribution in [3.05, 3.63) is 53.7 Å². The van der Waals surface area contributed by atoms with Crippen molar-refractivity contribution in [1.29, 1.82) is 0 Å². The lowest BCUT2D eigenvalue weighted by Gasteiger charge is -2.23. The number of cyclic esters (lactones) is 1. The van der Waals surface area contributed by atoms with Crippen molar-refractivity contribution < 1.29 is 27.8 Å². The fraction of sp³-hybridized carbons (Fsp3) is 0.333. The molecule has 1 fully saturated rings. The Hall–Kier alpha value is -3.67. The van der Waals surface area contributed by atoms with Crippen LogP contribution in [0.1, 0.15) is 25.5 Å². The van der Waals surface area contributed by atoms with Gasteiger partial charge in [-0.05, 0) is 26.0 Å². The number of aryl methyl sites for hydroxylation is 1. The van der Waals surface area contributed by atoms with E-state index in [9.17, 15) is 23.1 Å². The van der Waals surface area contributed by atoms with Crippen LogP contribution >= 0.6 is 0 Å². The molecule has 2 N–H and O–H groups in total. The van der Waals surface area contributed by atoms with E-state index in [4.69, 9.17) is 4.74 Å². The van der Waals surface area contributed by atoms with Crippen molar-refractivity contribution in [2.75, 3.05) is 16.8 Å². The number of carbonyl (C=O) groups excluding carboxylic acids is 1. The fourth-order valence-electron chi connectivity index (χ4n) is 3.58. The number of nitrogens with one attached hydrogen (secondary N) is 1. The predicted molar refractivity (Wildman–Crippen MR) is 112 cm³/mol. The molecule has 3 heterocycles. The first-order valence-corrected chi connectivity index (χ1v) is 10.1. The van der Waals surface area contributed by atoms with E-state index in [1.165, 1.54) is 17.8 Å². The Morgan fingerprint density at radius 1 is 1.18 bits per heavy atom. The molecule has 0 radical (unpaired) electrons. The number of nitrogens with zero attached hydrogens (tertiary/aromatic N) is 5. The van der Waals surface area contributed by atoms with Crippen LogP contribution in [0.15, 0.2) is 30.7 Å². The van der Waals surface area contributed by atoms with Crippen LogP contribution in [-0.4, -0.2) is 49.7 Å². The number of benzene rings is 1. The number of amides is 1. The van der Waals surface area contributed by atoms with Crippen LogP contribution in [0.4, 0.5) is 29.7 Å². The molecule has 0 spiro atoms. The van der Waals surface area contributed by atoms with Gasteiger partial charge in [0.1, 0.15) is 24.3 Å². The minimum atomic E-state index is -1.00. The van der Waals surface area contributed by atoms with Crippen molar-refractivity contribution in [3.63, 3.8) is 0 Å². The van der Waals surface area contributed by atoms with Crippen molar-refractivity contribution >= 4 is 17.9 Å². The highest BCUT2D eigenvalue weighted by molar-refractivity contribution is 5.89. The van der Waals surface area contributed by atoms with Crippen LogP contribution < -0.4 is 10.2 Å². The first-order valence-electron chi connectivity index (χ1n) is 10.1. The zero-order chi connectivity index (χ0) is 23.9. The van der Waals surface area contributed by atoms with E-state index >= 15 is 0 Å². The first kappa shape index (κ1) is 22.5. The molecule has 33 heavy (non-hydrogen) atoms. The standard InChI is InChI=1S/C21H21F3N6O3/c1-10(13-4-16(23)14(5-15(13)22)12-6-26-29(3)8-12)27-20-25-7-17(24)19(28-20)30-18(11(2)31)9-33-21(30)32/h4-8,10-11,18,31H,9H2,1-3H3,(H,25,27,28)/t10-,11+,18?/m0/s1. The average Bonchev–Trinajstić information content (AvgIpc) is 3.36. The Bertz CT molecular complexity index is 1200. The van der Waals surface area contributed by atoms with Crippen LogP contribution in [0, 0.1) is 17.5 Å². The molecule has 174 valence electrons. The highest BCUT2D eigenvalue weighted by Crippen LogP contribution is 2.30. The SMILES string of the molecule is C[C@H](Nc1ncc(F)c(N2C(=O)OCC2[C@@H](C)O)n1)c1cc(F)c(-c2cnn(C)c2)cc1F. The molecule has 0 saturated carbocycles. The number of carbonyl (C=O) groups is 1. The molecule has 9 nitrogen and oxygen atoms in total. The Labute approximate surface area is 186 Å². The lowest BCUT2D eigenvalue weighted by molar-refractivity contribution is 0.142. The van der Waals surface area contributed by atoms with Crippen LogP contribution in [-0.2, 0) is 11.8 Å². The zero-order valence-corrected chi connectivity index (χ0v) is 18.0. The van der Waals surface area contributed by atoms with E-state index in [2.05, 4.69) is 20.4 Å². The summed E-state index contributed by atoms with van der Waals surface area (Å²) in [6.45, 7) is 2.86. The minimum Gasteiger partial charge on any atom is -0.447 e. The second-order valence-corrected chi connectivity index (χ2v) is 7.74. The van der Waals surface area contributed by atoms with Gasteiger partial charge in [-0.2, -0.15) is 10.1 Å². The van der Waals surface area contributed by atoms with E-state index in [0.29, 0.717) is 5.56 Å². The predicted octanol–water partition coefficient (Wildman–Crippen LogP) is 3.17. The highest BCUT2D eigenvalue weighted by atomic mass is 19.1. The lowest BCUT2D eigenvalue weighted by atomic mass is 10.0. The van der Waals surface area contributed by atoms with Gasteiger partial charge in [-0.25, -0.2) is 27.8 Å². The summed E-state index contributed by atoms with van der Waals surface area (Å²) in [5.41, 5.74) is 0.489. The summed E-state index contributed by atoms with van der Waals surface area (Å²) in [7, 11) is 1.67. The topological polar surface area (TPSA) is 105 Å².